The van der Waals surface area contributed by atoms with Crippen molar-refractivity contribution in [3.63, 3.8) is 0 Å². The van der Waals surface area contributed by atoms with Crippen LogP contribution < -0.4 is 10.2 Å². The minimum Gasteiger partial charge on any atom is -0.497 e. The number of hydrazone groups is 1. The van der Waals surface area contributed by atoms with Crippen LogP contribution in [-0.2, 0) is 20.7 Å². The number of rotatable bonds is 7. The van der Waals surface area contributed by atoms with Crippen molar-refractivity contribution in [3.05, 3.63) is 29.8 Å². The van der Waals surface area contributed by atoms with Crippen molar-refractivity contribution in [2.24, 2.45) is 11.0 Å². The predicted octanol–water partition coefficient (Wildman–Crippen LogP) is 1.93. The zero-order valence-corrected chi connectivity index (χ0v) is 13.4. The van der Waals surface area contributed by atoms with E-state index in [1.54, 1.807) is 40.0 Å². The summed E-state index contributed by atoms with van der Waals surface area (Å²) in [5.74, 6) is -0.351. The molecule has 120 valence electrons. The summed E-state index contributed by atoms with van der Waals surface area (Å²) < 4.78 is 9.96. The average Bonchev–Trinajstić information content (AvgIpc) is 2.52. The molecule has 0 radical (unpaired) electrons. The number of benzene rings is 1. The third kappa shape index (κ3) is 5.55. The fourth-order valence-corrected chi connectivity index (χ4v) is 1.65. The van der Waals surface area contributed by atoms with Crippen molar-refractivity contribution in [1.82, 2.24) is 5.43 Å². The Kier molecular flexibility index (Phi) is 7.08. The number of amides is 1. The second-order valence-corrected chi connectivity index (χ2v) is 4.79. The maximum absolute atomic E-state index is 11.8. The first-order valence-electron chi connectivity index (χ1n) is 7.10. The molecule has 0 unspecified atom stereocenters. The maximum atomic E-state index is 11.8. The molecule has 22 heavy (non-hydrogen) atoms. The van der Waals surface area contributed by atoms with Crippen molar-refractivity contribution in [2.75, 3.05) is 13.7 Å². The summed E-state index contributed by atoms with van der Waals surface area (Å²) in [4.78, 5) is 23.4. The molecule has 1 aromatic rings. The van der Waals surface area contributed by atoms with Crippen LogP contribution in [0.3, 0.4) is 0 Å². The summed E-state index contributed by atoms with van der Waals surface area (Å²) >= 11 is 0. The van der Waals surface area contributed by atoms with Crippen LogP contribution in [0.15, 0.2) is 29.4 Å². The van der Waals surface area contributed by atoms with Crippen LogP contribution in [0.25, 0.3) is 0 Å². The Morgan fingerprint density at radius 2 is 1.91 bits per heavy atom. The smallest absolute Gasteiger partial charge is 0.314 e. The second-order valence-electron chi connectivity index (χ2n) is 4.79. The maximum Gasteiger partial charge on any atom is 0.314 e. The molecule has 0 aliphatic rings. The number of nitrogens with zero attached hydrogens (tertiary/aromatic N) is 1. The normalized spacial score (nSPS) is 12.5. The van der Waals surface area contributed by atoms with Gasteiger partial charge in [-0.2, -0.15) is 5.10 Å². The minimum atomic E-state index is -0.485. The molecule has 0 heterocycles. The molecule has 0 bridgehead atoms. The molecule has 6 nitrogen and oxygen atoms in total. The van der Waals surface area contributed by atoms with E-state index in [2.05, 4.69) is 10.5 Å². The van der Waals surface area contributed by atoms with Crippen LogP contribution in [0.5, 0.6) is 5.75 Å². The number of hydrogen-bond donors (Lipinski definition) is 1. The van der Waals surface area contributed by atoms with Gasteiger partial charge in [0.2, 0.25) is 5.91 Å². The summed E-state index contributed by atoms with van der Waals surface area (Å²) in [6, 6.07) is 7.21. The summed E-state index contributed by atoms with van der Waals surface area (Å²) in [6.07, 6.45) is 0.203. The highest BCUT2D eigenvalue weighted by atomic mass is 16.5. The van der Waals surface area contributed by atoms with Crippen LogP contribution in [-0.4, -0.2) is 31.3 Å². The summed E-state index contributed by atoms with van der Waals surface area (Å²) in [5.41, 5.74) is 3.80. The zero-order valence-electron chi connectivity index (χ0n) is 13.4. The lowest BCUT2D eigenvalue weighted by molar-refractivity contribution is -0.145. The van der Waals surface area contributed by atoms with Crippen LogP contribution in [0.1, 0.15) is 26.3 Å². The second kappa shape index (κ2) is 8.81. The van der Waals surface area contributed by atoms with E-state index in [0.29, 0.717) is 12.3 Å². The molecule has 1 N–H and O–H groups in total. The van der Waals surface area contributed by atoms with Gasteiger partial charge in [-0.25, -0.2) is 5.43 Å². The molecular weight excluding hydrogens is 284 g/mol. The van der Waals surface area contributed by atoms with E-state index in [1.165, 1.54) is 0 Å². The first-order chi connectivity index (χ1) is 10.5. The van der Waals surface area contributed by atoms with Gasteiger partial charge in [0.05, 0.1) is 26.1 Å². The van der Waals surface area contributed by atoms with Gasteiger partial charge in [-0.15, -0.1) is 0 Å². The number of esters is 1. The van der Waals surface area contributed by atoms with Gasteiger partial charge in [0.1, 0.15) is 5.75 Å². The number of methoxy groups -OCH3 is 1. The van der Waals surface area contributed by atoms with E-state index in [0.717, 1.165) is 11.3 Å². The van der Waals surface area contributed by atoms with Gasteiger partial charge in [-0.05, 0) is 38.5 Å². The Bertz CT molecular complexity index is 538. The lowest BCUT2D eigenvalue weighted by atomic mass is 10.1. The molecule has 6 heteroatoms. The molecular formula is C16H22N2O4. The van der Waals surface area contributed by atoms with Crippen LogP contribution in [0.2, 0.25) is 0 Å². The first kappa shape index (κ1) is 17.7. The van der Waals surface area contributed by atoms with Gasteiger partial charge in [0, 0.05) is 5.71 Å². The van der Waals surface area contributed by atoms with Crippen molar-refractivity contribution in [1.29, 1.82) is 0 Å². The summed E-state index contributed by atoms with van der Waals surface area (Å²) in [5, 5.41) is 3.95. The third-order valence-electron chi connectivity index (χ3n) is 3.15. The van der Waals surface area contributed by atoms with Crippen LogP contribution in [0.4, 0.5) is 0 Å². The SMILES string of the molecule is CCOC(=O)[C@H](C)/C(C)=N/NC(=O)Cc1ccc(OC)cc1. The van der Waals surface area contributed by atoms with Gasteiger partial charge in [-0.1, -0.05) is 12.1 Å². The molecule has 0 fully saturated rings. The Morgan fingerprint density at radius 3 is 2.45 bits per heavy atom. The van der Waals surface area contributed by atoms with Crippen molar-refractivity contribution in [3.8, 4) is 5.75 Å². The molecule has 0 saturated carbocycles. The van der Waals surface area contributed by atoms with Crippen LogP contribution >= 0.6 is 0 Å². The van der Waals surface area contributed by atoms with Crippen molar-refractivity contribution >= 4 is 17.6 Å². The summed E-state index contributed by atoms with van der Waals surface area (Å²) in [7, 11) is 1.59. The largest absolute Gasteiger partial charge is 0.497 e. The molecule has 1 atom stereocenters. The quantitative estimate of drug-likeness (QED) is 0.474. The van der Waals surface area contributed by atoms with E-state index in [-0.39, 0.29) is 18.3 Å². The molecule has 0 saturated heterocycles. The van der Waals surface area contributed by atoms with E-state index in [9.17, 15) is 9.59 Å². The summed E-state index contributed by atoms with van der Waals surface area (Å²) in [6.45, 7) is 5.43. The first-order valence-corrected chi connectivity index (χ1v) is 7.10. The van der Waals surface area contributed by atoms with E-state index < -0.39 is 5.92 Å². The number of carbonyl (C=O) groups excluding carboxylic acids is 2. The molecule has 0 aliphatic heterocycles. The molecule has 0 aliphatic carbocycles. The van der Waals surface area contributed by atoms with Crippen molar-refractivity contribution in [2.45, 2.75) is 27.2 Å². The standard InChI is InChI=1S/C16H22N2O4/c1-5-22-16(20)11(2)12(3)17-18-15(19)10-13-6-8-14(21-4)9-7-13/h6-9,11H,5,10H2,1-4H3,(H,18,19)/b17-12+/t11-/m1/s1. The lowest BCUT2D eigenvalue weighted by Gasteiger charge is -2.10. The molecule has 0 spiro atoms. The van der Waals surface area contributed by atoms with Gasteiger partial charge in [-0.3, -0.25) is 9.59 Å². The minimum absolute atomic E-state index is 0.203. The van der Waals surface area contributed by atoms with Gasteiger partial charge in [0.15, 0.2) is 0 Å². The molecule has 1 aromatic carbocycles. The Hall–Kier alpha value is -2.37. The lowest BCUT2D eigenvalue weighted by Crippen LogP contribution is -2.26. The zero-order chi connectivity index (χ0) is 16.5. The van der Waals surface area contributed by atoms with E-state index in [1.807, 2.05) is 12.1 Å². The van der Waals surface area contributed by atoms with Gasteiger partial charge in [0.25, 0.3) is 0 Å². The fourth-order valence-electron chi connectivity index (χ4n) is 1.65. The Balaban J connectivity index is 2.53. The highest BCUT2D eigenvalue weighted by Gasteiger charge is 2.17. The molecule has 1 rings (SSSR count). The number of nitrogens with one attached hydrogen (secondary N) is 1. The average molecular weight is 306 g/mol. The van der Waals surface area contributed by atoms with Gasteiger partial charge >= 0.3 is 5.97 Å². The van der Waals surface area contributed by atoms with E-state index in [4.69, 9.17) is 9.47 Å². The van der Waals surface area contributed by atoms with Crippen molar-refractivity contribution < 1.29 is 19.1 Å². The van der Waals surface area contributed by atoms with Gasteiger partial charge < -0.3 is 9.47 Å². The highest BCUT2D eigenvalue weighted by Crippen LogP contribution is 2.11. The highest BCUT2D eigenvalue weighted by molar-refractivity contribution is 6.00. The predicted molar refractivity (Wildman–Crippen MR) is 83.7 cm³/mol. The monoisotopic (exact) mass is 306 g/mol. The van der Waals surface area contributed by atoms with E-state index >= 15 is 0 Å². The third-order valence-corrected chi connectivity index (χ3v) is 3.15. The number of ether oxygens (including phenoxy) is 2. The topological polar surface area (TPSA) is 77.0 Å². The van der Waals surface area contributed by atoms with Crippen LogP contribution in [0, 0.1) is 5.92 Å². The molecule has 1 amide bonds. The number of carbonyl (C=O) groups is 2. The molecule has 0 aromatic heterocycles. The Morgan fingerprint density at radius 1 is 1.27 bits per heavy atom. The number of hydrogen-bond acceptors (Lipinski definition) is 5. The fraction of sp³-hybridized carbons (Fsp3) is 0.438. The Labute approximate surface area is 130 Å².